The summed E-state index contributed by atoms with van der Waals surface area (Å²) in [6.07, 6.45) is 4.50. The SMILES string of the molecule is CCNC(=NCc1c(F)cccc1OC(F)F)NC1CCCC1. The molecule has 1 aromatic carbocycles. The molecule has 0 heterocycles. The molecule has 0 aliphatic heterocycles. The zero-order chi connectivity index (χ0) is 16.7. The molecule has 128 valence electrons. The molecular formula is C16H22F3N3O. The van der Waals surface area contributed by atoms with Gasteiger partial charge in [0.05, 0.1) is 12.1 Å². The highest BCUT2D eigenvalue weighted by Gasteiger charge is 2.17. The van der Waals surface area contributed by atoms with Crippen LogP contribution in [0, 0.1) is 5.82 Å². The van der Waals surface area contributed by atoms with Gasteiger partial charge in [0.25, 0.3) is 0 Å². The molecule has 0 spiro atoms. The fourth-order valence-electron chi connectivity index (χ4n) is 2.64. The summed E-state index contributed by atoms with van der Waals surface area (Å²) >= 11 is 0. The molecule has 1 aliphatic carbocycles. The number of guanidine groups is 1. The van der Waals surface area contributed by atoms with Gasteiger partial charge in [-0.2, -0.15) is 8.78 Å². The third-order valence-corrected chi connectivity index (χ3v) is 3.73. The van der Waals surface area contributed by atoms with Gasteiger partial charge < -0.3 is 15.4 Å². The average molecular weight is 329 g/mol. The number of ether oxygens (including phenoxy) is 1. The van der Waals surface area contributed by atoms with Crippen molar-refractivity contribution in [3.63, 3.8) is 0 Å². The minimum absolute atomic E-state index is 0.0245. The zero-order valence-electron chi connectivity index (χ0n) is 13.1. The fraction of sp³-hybridized carbons (Fsp3) is 0.562. The van der Waals surface area contributed by atoms with Crippen LogP contribution in [0.5, 0.6) is 5.75 Å². The second-order valence-corrected chi connectivity index (χ2v) is 5.42. The minimum Gasteiger partial charge on any atom is -0.434 e. The number of aliphatic imine (C=N–C) groups is 1. The molecule has 1 aliphatic rings. The molecule has 2 N–H and O–H groups in total. The standard InChI is InChI=1S/C16H22F3N3O/c1-2-20-16(22-11-6-3-4-7-11)21-10-12-13(17)8-5-9-14(12)23-15(18)19/h5,8-9,11,15H,2-4,6-7,10H2,1H3,(H2,20,21,22). The van der Waals surface area contributed by atoms with Crippen LogP contribution in [0.15, 0.2) is 23.2 Å². The summed E-state index contributed by atoms with van der Waals surface area (Å²) in [4.78, 5) is 4.31. The maximum Gasteiger partial charge on any atom is 0.387 e. The van der Waals surface area contributed by atoms with Gasteiger partial charge in [0.1, 0.15) is 11.6 Å². The van der Waals surface area contributed by atoms with E-state index in [1.54, 1.807) is 0 Å². The Kier molecular flexibility index (Phi) is 6.55. The van der Waals surface area contributed by atoms with Crippen LogP contribution in [0.3, 0.4) is 0 Å². The zero-order valence-corrected chi connectivity index (χ0v) is 13.1. The summed E-state index contributed by atoms with van der Waals surface area (Å²) in [6, 6.07) is 4.21. The lowest BCUT2D eigenvalue weighted by atomic mass is 10.2. The van der Waals surface area contributed by atoms with Crippen LogP contribution >= 0.6 is 0 Å². The Morgan fingerprint density at radius 2 is 2.09 bits per heavy atom. The summed E-state index contributed by atoms with van der Waals surface area (Å²) in [6.45, 7) is -0.475. The predicted molar refractivity (Wildman–Crippen MR) is 83.2 cm³/mol. The molecule has 7 heteroatoms. The molecule has 0 radical (unpaired) electrons. The van der Waals surface area contributed by atoms with Gasteiger partial charge in [0.15, 0.2) is 5.96 Å². The third kappa shape index (κ3) is 5.33. The normalized spacial score (nSPS) is 16.0. The number of benzene rings is 1. The first kappa shape index (κ1) is 17.4. The van der Waals surface area contributed by atoms with Crippen LogP contribution in [-0.4, -0.2) is 25.2 Å². The largest absolute Gasteiger partial charge is 0.434 e. The van der Waals surface area contributed by atoms with Gasteiger partial charge in [0, 0.05) is 12.6 Å². The van der Waals surface area contributed by atoms with Gasteiger partial charge in [0.2, 0.25) is 0 Å². The molecule has 0 amide bonds. The Morgan fingerprint density at radius 3 is 2.74 bits per heavy atom. The molecule has 0 aromatic heterocycles. The van der Waals surface area contributed by atoms with Crippen LogP contribution in [-0.2, 0) is 6.54 Å². The molecule has 1 fully saturated rings. The second kappa shape index (κ2) is 8.64. The second-order valence-electron chi connectivity index (χ2n) is 5.42. The van der Waals surface area contributed by atoms with Crippen molar-refractivity contribution < 1.29 is 17.9 Å². The van der Waals surface area contributed by atoms with Crippen molar-refractivity contribution in [3.8, 4) is 5.75 Å². The smallest absolute Gasteiger partial charge is 0.387 e. The lowest BCUT2D eigenvalue weighted by molar-refractivity contribution is -0.0506. The van der Waals surface area contributed by atoms with Gasteiger partial charge in [-0.05, 0) is 31.9 Å². The quantitative estimate of drug-likeness (QED) is 0.621. The summed E-state index contributed by atoms with van der Waals surface area (Å²) in [5.74, 6) is -0.227. The monoisotopic (exact) mass is 329 g/mol. The van der Waals surface area contributed by atoms with E-state index in [4.69, 9.17) is 0 Å². The first-order valence-electron chi connectivity index (χ1n) is 7.87. The van der Waals surface area contributed by atoms with Crippen LogP contribution < -0.4 is 15.4 Å². The lowest BCUT2D eigenvalue weighted by Crippen LogP contribution is -2.42. The van der Waals surface area contributed by atoms with Crippen molar-refractivity contribution in [2.75, 3.05) is 6.54 Å². The molecule has 23 heavy (non-hydrogen) atoms. The summed E-state index contributed by atoms with van der Waals surface area (Å²) in [5.41, 5.74) is 0.0245. The molecule has 0 unspecified atom stereocenters. The van der Waals surface area contributed by atoms with Gasteiger partial charge in [-0.15, -0.1) is 0 Å². The third-order valence-electron chi connectivity index (χ3n) is 3.73. The molecule has 4 nitrogen and oxygen atoms in total. The van der Waals surface area contributed by atoms with Crippen molar-refractivity contribution in [1.29, 1.82) is 0 Å². The van der Waals surface area contributed by atoms with E-state index in [9.17, 15) is 13.2 Å². The van der Waals surface area contributed by atoms with E-state index in [2.05, 4.69) is 20.4 Å². The molecule has 0 atom stereocenters. The van der Waals surface area contributed by atoms with Crippen LogP contribution in [0.1, 0.15) is 38.2 Å². The topological polar surface area (TPSA) is 45.7 Å². The van der Waals surface area contributed by atoms with E-state index in [0.29, 0.717) is 18.5 Å². The van der Waals surface area contributed by atoms with Crippen molar-refractivity contribution in [2.45, 2.75) is 51.8 Å². The Labute approximate surface area is 134 Å². The number of nitrogens with one attached hydrogen (secondary N) is 2. The summed E-state index contributed by atoms with van der Waals surface area (Å²) in [5, 5.41) is 6.38. The van der Waals surface area contributed by atoms with Crippen LogP contribution in [0.25, 0.3) is 0 Å². The fourth-order valence-corrected chi connectivity index (χ4v) is 2.64. The molecular weight excluding hydrogens is 307 g/mol. The maximum absolute atomic E-state index is 13.9. The predicted octanol–water partition coefficient (Wildman–Crippen LogP) is 3.42. The minimum atomic E-state index is -3.00. The number of rotatable bonds is 6. The number of hydrogen-bond donors (Lipinski definition) is 2. The first-order chi connectivity index (χ1) is 11.1. The van der Waals surface area contributed by atoms with Crippen molar-refractivity contribution >= 4 is 5.96 Å². The maximum atomic E-state index is 13.9. The van der Waals surface area contributed by atoms with E-state index >= 15 is 0 Å². The highest BCUT2D eigenvalue weighted by molar-refractivity contribution is 5.80. The summed E-state index contributed by atoms with van der Waals surface area (Å²) in [7, 11) is 0. The number of alkyl halides is 2. The van der Waals surface area contributed by atoms with Crippen LogP contribution in [0.4, 0.5) is 13.2 Å². The van der Waals surface area contributed by atoms with E-state index in [-0.39, 0.29) is 17.9 Å². The van der Waals surface area contributed by atoms with E-state index < -0.39 is 12.4 Å². The van der Waals surface area contributed by atoms with Crippen molar-refractivity contribution in [2.24, 2.45) is 4.99 Å². The highest BCUT2D eigenvalue weighted by atomic mass is 19.3. The van der Waals surface area contributed by atoms with Gasteiger partial charge >= 0.3 is 6.61 Å². The Morgan fingerprint density at radius 1 is 1.35 bits per heavy atom. The summed E-state index contributed by atoms with van der Waals surface area (Å²) < 4.78 is 43.1. The number of hydrogen-bond acceptors (Lipinski definition) is 2. The Bertz CT molecular complexity index is 531. The highest BCUT2D eigenvalue weighted by Crippen LogP contribution is 2.24. The number of halogens is 3. The lowest BCUT2D eigenvalue weighted by Gasteiger charge is -2.17. The van der Waals surface area contributed by atoms with Gasteiger partial charge in [-0.1, -0.05) is 18.9 Å². The average Bonchev–Trinajstić information content (AvgIpc) is 2.99. The van der Waals surface area contributed by atoms with Crippen molar-refractivity contribution in [3.05, 3.63) is 29.6 Å². The Hall–Kier alpha value is -1.92. The first-order valence-corrected chi connectivity index (χ1v) is 7.87. The van der Waals surface area contributed by atoms with E-state index in [1.807, 2.05) is 6.92 Å². The van der Waals surface area contributed by atoms with Crippen molar-refractivity contribution in [1.82, 2.24) is 10.6 Å². The van der Waals surface area contributed by atoms with E-state index in [0.717, 1.165) is 12.8 Å². The molecule has 0 bridgehead atoms. The molecule has 0 saturated heterocycles. The van der Waals surface area contributed by atoms with E-state index in [1.165, 1.54) is 31.0 Å². The van der Waals surface area contributed by atoms with Gasteiger partial charge in [-0.25, -0.2) is 9.38 Å². The van der Waals surface area contributed by atoms with Crippen LogP contribution in [0.2, 0.25) is 0 Å². The molecule has 1 aromatic rings. The molecule has 2 rings (SSSR count). The number of nitrogens with zero attached hydrogens (tertiary/aromatic N) is 1. The van der Waals surface area contributed by atoms with Gasteiger partial charge in [-0.3, -0.25) is 0 Å². The molecule has 1 saturated carbocycles. The Balaban J connectivity index is 2.11.